The molecule has 0 bridgehead atoms. The van der Waals surface area contributed by atoms with Crippen LogP contribution in [0.3, 0.4) is 0 Å². The summed E-state index contributed by atoms with van der Waals surface area (Å²) in [6.45, 7) is 1.09. The van der Waals surface area contributed by atoms with Gasteiger partial charge in [0.1, 0.15) is 5.75 Å². The second-order valence-corrected chi connectivity index (χ2v) is 3.71. The first-order chi connectivity index (χ1) is 7.04. The van der Waals surface area contributed by atoms with Crippen molar-refractivity contribution in [2.45, 2.75) is 12.3 Å². The van der Waals surface area contributed by atoms with Crippen LogP contribution in [0, 0.1) is 10.1 Å². The van der Waals surface area contributed by atoms with Crippen molar-refractivity contribution in [2.75, 3.05) is 6.54 Å². The Bertz CT molecular complexity index is 443. The molecule has 1 atom stereocenters. The Morgan fingerprint density at radius 2 is 2.13 bits per heavy atom. The first-order valence-corrected chi connectivity index (χ1v) is 4.47. The van der Waals surface area contributed by atoms with Crippen molar-refractivity contribution in [1.29, 1.82) is 0 Å². The van der Waals surface area contributed by atoms with E-state index in [9.17, 15) is 14.9 Å². The number of carbonyl (C=O) groups excluding carboxylic acids is 1. The fourth-order valence-electron chi connectivity index (χ4n) is 1.74. The topological polar surface area (TPSA) is 69.4 Å². The maximum atomic E-state index is 11.6. The number of carbonyl (C=O) groups is 1. The highest BCUT2D eigenvalue weighted by molar-refractivity contribution is 5.90. The predicted molar refractivity (Wildman–Crippen MR) is 51.3 cm³/mol. The van der Waals surface area contributed by atoms with E-state index in [4.69, 9.17) is 4.74 Å². The van der Waals surface area contributed by atoms with Gasteiger partial charge in [-0.25, -0.2) is 0 Å². The number of nitro groups is 1. The van der Waals surface area contributed by atoms with Crippen LogP contribution in [0.5, 0.6) is 5.75 Å². The molecule has 2 rings (SSSR count). The Morgan fingerprint density at radius 3 is 2.80 bits per heavy atom. The van der Waals surface area contributed by atoms with Crippen molar-refractivity contribution in [3.05, 3.63) is 39.9 Å². The van der Waals surface area contributed by atoms with Crippen molar-refractivity contribution in [3.63, 3.8) is 0 Å². The van der Waals surface area contributed by atoms with E-state index in [1.165, 1.54) is 6.92 Å². The van der Waals surface area contributed by atoms with Gasteiger partial charge in [0.05, 0.1) is 0 Å². The van der Waals surface area contributed by atoms with Gasteiger partial charge in [0.15, 0.2) is 5.41 Å². The van der Waals surface area contributed by atoms with E-state index in [2.05, 4.69) is 0 Å². The number of hydrogen-bond acceptors (Lipinski definition) is 4. The molecule has 0 fully saturated rings. The van der Waals surface area contributed by atoms with Gasteiger partial charge in [-0.15, -0.1) is 0 Å². The van der Waals surface area contributed by atoms with Crippen LogP contribution in [0.25, 0.3) is 0 Å². The maximum Gasteiger partial charge on any atom is 0.328 e. The summed E-state index contributed by atoms with van der Waals surface area (Å²) >= 11 is 0. The van der Waals surface area contributed by atoms with E-state index in [-0.39, 0.29) is 0 Å². The molecular weight excluding hydrogens is 198 g/mol. The van der Waals surface area contributed by atoms with Gasteiger partial charge in [0.2, 0.25) is 6.54 Å². The SMILES string of the molecule is C[C@]1(C[N+](=O)[O-])C(=O)Oc2ccccc21. The van der Waals surface area contributed by atoms with Gasteiger partial charge in [0, 0.05) is 10.5 Å². The summed E-state index contributed by atoms with van der Waals surface area (Å²) < 4.78 is 4.98. The molecule has 0 radical (unpaired) electrons. The van der Waals surface area contributed by atoms with E-state index in [0.29, 0.717) is 11.3 Å². The monoisotopic (exact) mass is 207 g/mol. The lowest BCUT2D eigenvalue weighted by atomic mass is 9.84. The standard InChI is InChI=1S/C10H9NO4/c1-10(6-11(13)14)7-4-2-3-5-8(7)15-9(10)12/h2-5H,6H2,1H3/t10-/m1/s1. The van der Waals surface area contributed by atoms with E-state index >= 15 is 0 Å². The van der Waals surface area contributed by atoms with Gasteiger partial charge in [0.25, 0.3) is 0 Å². The van der Waals surface area contributed by atoms with Crippen molar-refractivity contribution in [3.8, 4) is 5.75 Å². The summed E-state index contributed by atoms with van der Waals surface area (Å²) in [6.07, 6.45) is 0. The number of ether oxygens (including phenoxy) is 1. The minimum Gasteiger partial charge on any atom is -0.425 e. The van der Waals surface area contributed by atoms with Gasteiger partial charge in [-0.2, -0.15) is 0 Å². The average Bonchev–Trinajstić information content (AvgIpc) is 2.39. The number of rotatable bonds is 2. The van der Waals surface area contributed by atoms with Crippen molar-refractivity contribution in [1.82, 2.24) is 0 Å². The zero-order valence-corrected chi connectivity index (χ0v) is 8.10. The molecule has 1 aliphatic rings. The summed E-state index contributed by atoms with van der Waals surface area (Å²) in [5, 5.41) is 10.5. The highest BCUT2D eigenvalue weighted by Gasteiger charge is 2.49. The lowest BCUT2D eigenvalue weighted by Crippen LogP contribution is -2.37. The molecule has 1 aromatic carbocycles. The Hall–Kier alpha value is -1.91. The van der Waals surface area contributed by atoms with Crippen LogP contribution in [-0.2, 0) is 10.2 Å². The fraction of sp³-hybridized carbons (Fsp3) is 0.300. The number of hydrogen-bond donors (Lipinski definition) is 0. The zero-order valence-electron chi connectivity index (χ0n) is 8.10. The van der Waals surface area contributed by atoms with E-state index in [1.807, 2.05) is 0 Å². The van der Waals surface area contributed by atoms with Crippen LogP contribution in [0.15, 0.2) is 24.3 Å². The fourth-order valence-corrected chi connectivity index (χ4v) is 1.74. The number of nitrogens with zero attached hydrogens (tertiary/aromatic N) is 1. The lowest BCUT2D eigenvalue weighted by Gasteiger charge is -2.14. The van der Waals surface area contributed by atoms with Crippen LogP contribution < -0.4 is 4.74 Å². The number of fused-ring (bicyclic) bond motifs is 1. The third-order valence-electron chi connectivity index (χ3n) is 2.58. The van der Waals surface area contributed by atoms with Crippen LogP contribution >= 0.6 is 0 Å². The number of benzene rings is 1. The lowest BCUT2D eigenvalue weighted by molar-refractivity contribution is -0.487. The summed E-state index contributed by atoms with van der Waals surface area (Å²) in [4.78, 5) is 21.6. The van der Waals surface area contributed by atoms with Crippen molar-refractivity contribution < 1.29 is 14.5 Å². The normalized spacial score (nSPS) is 23.4. The Morgan fingerprint density at radius 1 is 1.47 bits per heavy atom. The Labute approximate surface area is 85.8 Å². The molecule has 1 aliphatic heterocycles. The van der Waals surface area contributed by atoms with Gasteiger partial charge >= 0.3 is 5.97 Å². The van der Waals surface area contributed by atoms with Gasteiger partial charge in [-0.05, 0) is 13.0 Å². The minimum absolute atomic E-state index is 0.423. The second-order valence-electron chi connectivity index (χ2n) is 3.71. The van der Waals surface area contributed by atoms with Crippen LogP contribution in [0.1, 0.15) is 12.5 Å². The summed E-state index contributed by atoms with van der Waals surface area (Å²) in [7, 11) is 0. The largest absolute Gasteiger partial charge is 0.425 e. The van der Waals surface area contributed by atoms with E-state index in [1.54, 1.807) is 24.3 Å². The first-order valence-electron chi connectivity index (χ1n) is 4.47. The maximum absolute atomic E-state index is 11.6. The molecule has 78 valence electrons. The minimum atomic E-state index is -1.15. The van der Waals surface area contributed by atoms with E-state index in [0.717, 1.165) is 0 Å². The molecule has 15 heavy (non-hydrogen) atoms. The van der Waals surface area contributed by atoms with Gasteiger partial charge in [-0.3, -0.25) is 14.9 Å². The second kappa shape index (κ2) is 3.05. The van der Waals surface area contributed by atoms with Gasteiger partial charge < -0.3 is 4.74 Å². The third kappa shape index (κ3) is 1.36. The quantitative estimate of drug-likeness (QED) is 0.315. The van der Waals surface area contributed by atoms with Crippen molar-refractivity contribution >= 4 is 5.97 Å². The van der Waals surface area contributed by atoms with Gasteiger partial charge in [-0.1, -0.05) is 18.2 Å². The summed E-state index contributed by atoms with van der Waals surface area (Å²) in [5.74, 6) is -0.132. The van der Waals surface area contributed by atoms with Crippen LogP contribution in [0.4, 0.5) is 0 Å². The molecule has 1 aromatic rings. The third-order valence-corrected chi connectivity index (χ3v) is 2.58. The molecule has 0 unspecified atom stereocenters. The smallest absolute Gasteiger partial charge is 0.328 e. The molecule has 0 aromatic heterocycles. The predicted octanol–water partition coefficient (Wildman–Crippen LogP) is 1.14. The number of esters is 1. The molecule has 5 heteroatoms. The van der Waals surface area contributed by atoms with E-state index < -0.39 is 22.9 Å². The Kier molecular flexibility index (Phi) is 1.96. The molecule has 1 heterocycles. The molecule has 0 aliphatic carbocycles. The van der Waals surface area contributed by atoms with Crippen LogP contribution in [-0.4, -0.2) is 17.4 Å². The molecule has 0 N–H and O–H groups in total. The highest BCUT2D eigenvalue weighted by atomic mass is 16.6. The number of para-hydroxylation sites is 1. The highest BCUT2D eigenvalue weighted by Crippen LogP contribution is 2.39. The first kappa shape index (κ1) is 9.64. The average molecular weight is 207 g/mol. The van der Waals surface area contributed by atoms with Crippen LogP contribution in [0.2, 0.25) is 0 Å². The molecule has 0 amide bonds. The summed E-state index contributed by atoms with van der Waals surface area (Å²) in [6, 6.07) is 6.78. The molecular formula is C10H9NO4. The zero-order chi connectivity index (χ0) is 11.1. The summed E-state index contributed by atoms with van der Waals surface area (Å²) in [5.41, 5.74) is -0.563. The Balaban J connectivity index is 2.49. The van der Waals surface area contributed by atoms with Crippen molar-refractivity contribution in [2.24, 2.45) is 0 Å². The molecule has 0 saturated heterocycles. The molecule has 0 saturated carbocycles. The molecule has 5 nitrogen and oxygen atoms in total. The molecule has 0 spiro atoms.